The number of hydrogen-bond donors (Lipinski definition) is 1. The van der Waals surface area contributed by atoms with Crippen molar-refractivity contribution in [2.45, 2.75) is 64.1 Å². The molecule has 1 saturated heterocycles. The third-order valence-electron chi connectivity index (χ3n) is 4.72. The highest BCUT2D eigenvalue weighted by Gasteiger charge is 2.42. The van der Waals surface area contributed by atoms with Gasteiger partial charge in [-0.05, 0) is 51.7 Å². The van der Waals surface area contributed by atoms with Crippen molar-refractivity contribution >= 4 is 0 Å². The van der Waals surface area contributed by atoms with Crippen LogP contribution in [0.4, 0.5) is 0 Å². The van der Waals surface area contributed by atoms with Crippen molar-refractivity contribution in [3.8, 4) is 0 Å². The minimum atomic E-state index is 0.138. The zero-order chi connectivity index (χ0) is 13.8. The van der Waals surface area contributed by atoms with E-state index in [0.717, 1.165) is 30.4 Å². The van der Waals surface area contributed by atoms with E-state index >= 15 is 0 Å². The smallest absolute Gasteiger partial charge is 0.122 e. The van der Waals surface area contributed by atoms with Gasteiger partial charge >= 0.3 is 0 Å². The second kappa shape index (κ2) is 4.35. The van der Waals surface area contributed by atoms with Crippen molar-refractivity contribution in [3.05, 3.63) is 23.7 Å². The molecule has 0 bridgehead atoms. The summed E-state index contributed by atoms with van der Waals surface area (Å²) in [7, 11) is 0. The summed E-state index contributed by atoms with van der Waals surface area (Å²) in [6.07, 6.45) is 2.32. The molecule has 4 atom stereocenters. The van der Waals surface area contributed by atoms with Crippen molar-refractivity contribution in [2.75, 3.05) is 6.54 Å². The largest absolute Gasteiger partial charge is 0.464 e. The van der Waals surface area contributed by atoms with Crippen LogP contribution in [0.5, 0.6) is 0 Å². The first kappa shape index (κ1) is 13.2. The van der Waals surface area contributed by atoms with E-state index in [1.807, 2.05) is 0 Å². The molecule has 19 heavy (non-hydrogen) atoms. The Kier molecular flexibility index (Phi) is 3.02. The van der Waals surface area contributed by atoms with Crippen LogP contribution in [0.2, 0.25) is 0 Å². The van der Waals surface area contributed by atoms with Gasteiger partial charge in [-0.25, -0.2) is 0 Å². The van der Waals surface area contributed by atoms with Crippen LogP contribution in [0.1, 0.15) is 64.0 Å². The van der Waals surface area contributed by atoms with E-state index in [0.29, 0.717) is 5.92 Å². The fourth-order valence-electron chi connectivity index (χ4n) is 3.38. The molecule has 1 aromatic heterocycles. The van der Waals surface area contributed by atoms with Crippen molar-refractivity contribution in [1.82, 2.24) is 4.90 Å². The van der Waals surface area contributed by atoms with Crippen molar-refractivity contribution < 1.29 is 4.42 Å². The third-order valence-corrected chi connectivity index (χ3v) is 4.72. The third kappa shape index (κ3) is 2.34. The molecule has 3 nitrogen and oxygen atoms in total. The minimum absolute atomic E-state index is 0.138. The molecule has 0 spiro atoms. The molecular weight excluding hydrogens is 236 g/mol. The molecule has 1 saturated carbocycles. The molecule has 3 heteroatoms. The molecular formula is C16H26N2O. The van der Waals surface area contributed by atoms with E-state index in [4.69, 9.17) is 10.2 Å². The fraction of sp³-hybridized carbons (Fsp3) is 0.750. The predicted octanol–water partition coefficient (Wildman–Crippen LogP) is 3.28. The van der Waals surface area contributed by atoms with Crippen LogP contribution in [0.25, 0.3) is 0 Å². The summed E-state index contributed by atoms with van der Waals surface area (Å²) in [5.74, 6) is 3.66. The van der Waals surface area contributed by atoms with Crippen LogP contribution in [0, 0.1) is 5.92 Å². The highest BCUT2D eigenvalue weighted by Crippen LogP contribution is 2.48. The maximum Gasteiger partial charge on any atom is 0.122 e. The molecule has 4 unspecified atom stereocenters. The van der Waals surface area contributed by atoms with Gasteiger partial charge in [0, 0.05) is 24.0 Å². The zero-order valence-corrected chi connectivity index (χ0v) is 12.5. The molecule has 1 aliphatic carbocycles. The number of rotatable bonds is 2. The molecule has 106 valence electrons. The average molecular weight is 262 g/mol. The highest BCUT2D eigenvalue weighted by molar-refractivity contribution is 5.21. The van der Waals surface area contributed by atoms with E-state index in [2.05, 4.69) is 44.7 Å². The average Bonchev–Trinajstić information content (AvgIpc) is 2.77. The Labute approximate surface area is 116 Å². The fourth-order valence-corrected chi connectivity index (χ4v) is 3.38. The SMILES string of the molecule is CC1CC1c1ccc(C2C(N)CCN2C(C)(C)C)o1. The Balaban J connectivity index is 1.84. The number of likely N-dealkylation sites (tertiary alicyclic amines) is 1. The number of hydrogen-bond acceptors (Lipinski definition) is 3. The highest BCUT2D eigenvalue weighted by atomic mass is 16.3. The molecule has 3 rings (SSSR count). The molecule has 0 radical (unpaired) electrons. The van der Waals surface area contributed by atoms with Crippen LogP contribution in [0.15, 0.2) is 16.5 Å². The second-order valence-electron chi connectivity index (χ2n) is 7.32. The van der Waals surface area contributed by atoms with Gasteiger partial charge in [-0.2, -0.15) is 0 Å². The summed E-state index contributed by atoms with van der Waals surface area (Å²) >= 11 is 0. The first-order chi connectivity index (χ1) is 8.88. The first-order valence-electron chi connectivity index (χ1n) is 7.50. The van der Waals surface area contributed by atoms with Crippen molar-refractivity contribution in [3.63, 3.8) is 0 Å². The quantitative estimate of drug-likeness (QED) is 0.889. The number of furan rings is 1. The van der Waals surface area contributed by atoms with Crippen molar-refractivity contribution in [2.24, 2.45) is 11.7 Å². The lowest BCUT2D eigenvalue weighted by atomic mass is 10.0. The molecule has 1 aliphatic heterocycles. The Morgan fingerprint density at radius 1 is 1.26 bits per heavy atom. The zero-order valence-electron chi connectivity index (χ0n) is 12.5. The van der Waals surface area contributed by atoms with Crippen LogP contribution in [0.3, 0.4) is 0 Å². The van der Waals surface area contributed by atoms with Gasteiger partial charge < -0.3 is 10.2 Å². The summed E-state index contributed by atoms with van der Waals surface area (Å²) < 4.78 is 6.14. The lowest BCUT2D eigenvalue weighted by Crippen LogP contribution is -2.43. The summed E-state index contributed by atoms with van der Waals surface area (Å²) in [5.41, 5.74) is 6.46. The van der Waals surface area contributed by atoms with E-state index in [1.165, 1.54) is 6.42 Å². The van der Waals surface area contributed by atoms with E-state index < -0.39 is 0 Å². The molecule has 2 fully saturated rings. The van der Waals surface area contributed by atoms with E-state index in [-0.39, 0.29) is 17.6 Å². The Morgan fingerprint density at radius 3 is 2.47 bits per heavy atom. The summed E-state index contributed by atoms with van der Waals surface area (Å²) in [5, 5.41) is 0. The topological polar surface area (TPSA) is 42.4 Å². The minimum Gasteiger partial charge on any atom is -0.464 e. The molecule has 0 aromatic carbocycles. The van der Waals surface area contributed by atoms with Crippen molar-refractivity contribution in [1.29, 1.82) is 0 Å². The van der Waals surface area contributed by atoms with E-state index in [1.54, 1.807) is 0 Å². The summed E-state index contributed by atoms with van der Waals surface area (Å²) in [6, 6.07) is 4.74. The van der Waals surface area contributed by atoms with Gasteiger partial charge in [0.1, 0.15) is 11.5 Å². The lowest BCUT2D eigenvalue weighted by Gasteiger charge is -2.37. The monoisotopic (exact) mass is 262 g/mol. The van der Waals surface area contributed by atoms with Crippen LogP contribution in [-0.4, -0.2) is 23.0 Å². The number of nitrogens with zero attached hydrogens (tertiary/aromatic N) is 1. The summed E-state index contributed by atoms with van der Waals surface area (Å²) in [4.78, 5) is 2.48. The maximum absolute atomic E-state index is 6.32. The molecule has 2 aliphatic rings. The summed E-state index contributed by atoms with van der Waals surface area (Å²) in [6.45, 7) is 10.1. The van der Waals surface area contributed by atoms with Gasteiger partial charge in [-0.15, -0.1) is 0 Å². The standard InChI is InChI=1S/C16H26N2O/c1-10-9-11(10)13-5-6-14(19-13)15-12(17)7-8-18(15)16(2,3)4/h5-6,10-12,15H,7-9,17H2,1-4H3. The maximum atomic E-state index is 6.32. The molecule has 2 N–H and O–H groups in total. The van der Waals surface area contributed by atoms with Gasteiger partial charge in [0.2, 0.25) is 0 Å². The van der Waals surface area contributed by atoms with Gasteiger partial charge in [0.15, 0.2) is 0 Å². The van der Waals surface area contributed by atoms with E-state index in [9.17, 15) is 0 Å². The van der Waals surface area contributed by atoms with Crippen LogP contribution >= 0.6 is 0 Å². The Hall–Kier alpha value is -0.800. The molecule has 1 aromatic rings. The van der Waals surface area contributed by atoms with Gasteiger partial charge in [-0.3, -0.25) is 4.90 Å². The Bertz CT molecular complexity index is 460. The lowest BCUT2D eigenvalue weighted by molar-refractivity contribution is 0.103. The van der Waals surface area contributed by atoms with Gasteiger partial charge in [-0.1, -0.05) is 6.92 Å². The molecule has 0 amide bonds. The second-order valence-corrected chi connectivity index (χ2v) is 7.32. The van der Waals surface area contributed by atoms with Gasteiger partial charge in [0.25, 0.3) is 0 Å². The molecule has 2 heterocycles. The number of nitrogens with two attached hydrogens (primary N) is 1. The van der Waals surface area contributed by atoms with Crippen LogP contribution in [-0.2, 0) is 0 Å². The predicted molar refractivity (Wildman–Crippen MR) is 77.0 cm³/mol. The Morgan fingerprint density at radius 2 is 1.89 bits per heavy atom. The van der Waals surface area contributed by atoms with Crippen LogP contribution < -0.4 is 5.73 Å². The van der Waals surface area contributed by atoms with Gasteiger partial charge in [0.05, 0.1) is 6.04 Å². The first-order valence-corrected chi connectivity index (χ1v) is 7.50. The normalized spacial score (nSPS) is 35.8.